The molecule has 0 aliphatic rings. The summed E-state index contributed by atoms with van der Waals surface area (Å²) in [6, 6.07) is 21.3. The first-order chi connectivity index (χ1) is 12.7. The first kappa shape index (κ1) is 16.0. The third-order valence-electron chi connectivity index (χ3n) is 4.23. The Kier molecular flexibility index (Phi) is 3.97. The van der Waals surface area contributed by atoms with Crippen LogP contribution in [0.15, 0.2) is 72.8 Å². The number of aromatic nitrogens is 1. The van der Waals surface area contributed by atoms with Gasteiger partial charge in [-0.25, -0.2) is 4.39 Å². The molecule has 1 heterocycles. The fraction of sp³-hybridized carbons (Fsp3) is 0.0476. The molecule has 0 spiro atoms. The molecule has 4 rings (SSSR count). The number of nitrogens with zero attached hydrogens (tertiary/aromatic N) is 1. The molecule has 0 aliphatic heterocycles. The number of methoxy groups -OCH3 is 1. The minimum atomic E-state index is -0.318. The van der Waals surface area contributed by atoms with Crippen LogP contribution >= 0.6 is 0 Å². The van der Waals surface area contributed by atoms with E-state index in [9.17, 15) is 4.39 Å². The number of halogens is 1. The molecule has 3 aromatic carbocycles. The number of anilines is 1. The summed E-state index contributed by atoms with van der Waals surface area (Å²) < 4.78 is 26.4. The van der Waals surface area contributed by atoms with Crippen LogP contribution in [0.4, 0.5) is 10.1 Å². The molecule has 0 atom stereocenters. The largest absolute Gasteiger partial charge is 0.497 e. The number of hydrogen-bond donors (Lipinski definition) is 1. The predicted molar refractivity (Wildman–Crippen MR) is 101 cm³/mol. The van der Waals surface area contributed by atoms with Gasteiger partial charge in [-0.15, -0.1) is 0 Å². The number of benzene rings is 3. The lowest BCUT2D eigenvalue weighted by Gasteiger charge is -2.13. The Labute approximate surface area is 150 Å². The van der Waals surface area contributed by atoms with Gasteiger partial charge >= 0.3 is 0 Å². The Morgan fingerprint density at radius 1 is 0.846 bits per heavy atom. The first-order valence-corrected chi connectivity index (χ1v) is 8.14. The van der Waals surface area contributed by atoms with E-state index < -0.39 is 0 Å². The quantitative estimate of drug-likeness (QED) is 0.555. The molecule has 0 saturated heterocycles. The van der Waals surface area contributed by atoms with Crippen molar-refractivity contribution in [3.8, 4) is 23.1 Å². The molecule has 0 amide bonds. The average Bonchev–Trinajstić information content (AvgIpc) is 2.96. The second-order valence-corrected chi connectivity index (χ2v) is 5.83. The highest BCUT2D eigenvalue weighted by Crippen LogP contribution is 2.39. The highest BCUT2D eigenvalue weighted by Gasteiger charge is 2.18. The fourth-order valence-electron chi connectivity index (χ4n) is 2.94. The van der Waals surface area contributed by atoms with Crippen molar-refractivity contribution in [2.45, 2.75) is 0 Å². The van der Waals surface area contributed by atoms with Crippen molar-refractivity contribution in [1.82, 2.24) is 4.57 Å². The summed E-state index contributed by atoms with van der Waals surface area (Å²) in [6.45, 7) is 0. The number of hydrogen-bond acceptors (Lipinski definition) is 3. The van der Waals surface area contributed by atoms with E-state index in [2.05, 4.69) is 0 Å². The first-order valence-electron chi connectivity index (χ1n) is 8.14. The number of rotatable bonds is 4. The van der Waals surface area contributed by atoms with Crippen LogP contribution in [0.25, 0.3) is 16.6 Å². The van der Waals surface area contributed by atoms with Gasteiger partial charge in [0, 0.05) is 11.1 Å². The van der Waals surface area contributed by atoms with E-state index in [1.54, 1.807) is 19.2 Å². The monoisotopic (exact) mass is 348 g/mol. The molecular weight excluding hydrogens is 331 g/mol. The van der Waals surface area contributed by atoms with E-state index in [1.807, 2.05) is 53.1 Å². The molecule has 0 unspecified atom stereocenters. The van der Waals surface area contributed by atoms with Crippen LogP contribution in [0.3, 0.4) is 0 Å². The Bertz CT molecular complexity index is 1050. The van der Waals surface area contributed by atoms with Gasteiger partial charge in [-0.05, 0) is 54.6 Å². The number of fused-ring (bicyclic) bond motifs is 1. The van der Waals surface area contributed by atoms with Crippen molar-refractivity contribution in [3.63, 3.8) is 0 Å². The second kappa shape index (κ2) is 6.44. The standard InChI is InChI=1S/C21H17FN2O2/c1-25-16-12-8-15(9-13-16)24-19-5-3-2-4-18(19)20(23)21(24)26-17-10-6-14(22)7-11-17/h2-13H,23H2,1H3. The van der Waals surface area contributed by atoms with Crippen molar-refractivity contribution in [1.29, 1.82) is 0 Å². The molecule has 0 bridgehead atoms. The third-order valence-corrected chi connectivity index (χ3v) is 4.23. The van der Waals surface area contributed by atoms with Gasteiger partial charge in [0.2, 0.25) is 5.88 Å². The minimum absolute atomic E-state index is 0.318. The van der Waals surface area contributed by atoms with E-state index in [0.29, 0.717) is 17.3 Å². The van der Waals surface area contributed by atoms with Crippen LogP contribution in [-0.2, 0) is 0 Å². The fourth-order valence-corrected chi connectivity index (χ4v) is 2.94. The number of nitrogen functional groups attached to an aromatic ring is 1. The van der Waals surface area contributed by atoms with Gasteiger partial charge in [0.05, 0.1) is 12.6 Å². The SMILES string of the molecule is COc1ccc(-n2c(Oc3ccc(F)cc3)c(N)c3ccccc32)cc1. The molecule has 5 heteroatoms. The average molecular weight is 348 g/mol. The Morgan fingerprint density at radius 3 is 2.19 bits per heavy atom. The summed E-state index contributed by atoms with van der Waals surface area (Å²) in [6.07, 6.45) is 0. The van der Waals surface area contributed by atoms with Gasteiger partial charge in [0.25, 0.3) is 0 Å². The molecule has 0 aliphatic carbocycles. The van der Waals surface area contributed by atoms with Gasteiger partial charge in [-0.3, -0.25) is 4.57 Å². The van der Waals surface area contributed by atoms with Crippen LogP contribution in [0.2, 0.25) is 0 Å². The highest BCUT2D eigenvalue weighted by molar-refractivity contribution is 5.97. The number of nitrogens with two attached hydrogens (primary N) is 1. The molecule has 2 N–H and O–H groups in total. The Balaban J connectivity index is 1.90. The molecule has 0 saturated carbocycles. The van der Waals surface area contributed by atoms with E-state index in [1.165, 1.54) is 12.1 Å². The summed E-state index contributed by atoms with van der Waals surface area (Å²) in [5.41, 5.74) is 8.70. The van der Waals surface area contributed by atoms with Gasteiger partial charge < -0.3 is 15.2 Å². The van der Waals surface area contributed by atoms with E-state index in [4.69, 9.17) is 15.2 Å². The van der Waals surface area contributed by atoms with E-state index in [-0.39, 0.29) is 5.82 Å². The number of ether oxygens (including phenoxy) is 2. The summed E-state index contributed by atoms with van der Waals surface area (Å²) in [4.78, 5) is 0. The molecule has 0 fully saturated rings. The summed E-state index contributed by atoms with van der Waals surface area (Å²) >= 11 is 0. The van der Waals surface area contributed by atoms with Gasteiger partial charge in [-0.1, -0.05) is 18.2 Å². The Morgan fingerprint density at radius 2 is 1.50 bits per heavy atom. The van der Waals surface area contributed by atoms with Gasteiger partial charge in [-0.2, -0.15) is 0 Å². The molecular formula is C21H17FN2O2. The summed E-state index contributed by atoms with van der Waals surface area (Å²) in [5, 5.41) is 0.889. The van der Waals surface area contributed by atoms with Crippen molar-refractivity contribution in [2.75, 3.05) is 12.8 Å². The van der Waals surface area contributed by atoms with Crippen molar-refractivity contribution < 1.29 is 13.9 Å². The summed E-state index contributed by atoms with van der Waals surface area (Å²) in [7, 11) is 1.63. The molecule has 4 aromatic rings. The molecule has 1 aromatic heterocycles. The highest BCUT2D eigenvalue weighted by atomic mass is 19.1. The summed E-state index contributed by atoms with van der Waals surface area (Å²) in [5.74, 6) is 1.44. The van der Waals surface area contributed by atoms with Crippen LogP contribution in [0.5, 0.6) is 17.4 Å². The lowest BCUT2D eigenvalue weighted by atomic mass is 10.2. The number of para-hydroxylation sites is 1. The molecule has 0 radical (unpaired) electrons. The smallest absolute Gasteiger partial charge is 0.228 e. The maximum atomic E-state index is 13.2. The zero-order valence-electron chi connectivity index (χ0n) is 14.1. The maximum absolute atomic E-state index is 13.2. The van der Waals surface area contributed by atoms with Crippen LogP contribution in [0, 0.1) is 5.82 Å². The van der Waals surface area contributed by atoms with Gasteiger partial charge in [0.15, 0.2) is 0 Å². The lowest BCUT2D eigenvalue weighted by molar-refractivity contribution is 0.414. The third kappa shape index (κ3) is 2.73. The van der Waals surface area contributed by atoms with Crippen molar-refractivity contribution in [3.05, 3.63) is 78.6 Å². The second-order valence-electron chi connectivity index (χ2n) is 5.83. The maximum Gasteiger partial charge on any atom is 0.228 e. The van der Waals surface area contributed by atoms with E-state index in [0.717, 1.165) is 22.3 Å². The van der Waals surface area contributed by atoms with Gasteiger partial charge in [0.1, 0.15) is 23.0 Å². The lowest BCUT2D eigenvalue weighted by Crippen LogP contribution is -1.99. The Hall–Kier alpha value is -3.47. The topological polar surface area (TPSA) is 49.4 Å². The molecule has 26 heavy (non-hydrogen) atoms. The zero-order valence-corrected chi connectivity index (χ0v) is 14.1. The molecule has 130 valence electrons. The predicted octanol–water partition coefficient (Wildman–Crippen LogP) is 5.15. The minimum Gasteiger partial charge on any atom is -0.497 e. The van der Waals surface area contributed by atoms with Crippen molar-refractivity contribution in [2.24, 2.45) is 0 Å². The van der Waals surface area contributed by atoms with Crippen molar-refractivity contribution >= 4 is 16.6 Å². The van der Waals surface area contributed by atoms with Crippen LogP contribution in [0.1, 0.15) is 0 Å². The van der Waals surface area contributed by atoms with Crippen LogP contribution < -0.4 is 15.2 Å². The normalized spacial score (nSPS) is 10.8. The molecule has 4 nitrogen and oxygen atoms in total. The zero-order chi connectivity index (χ0) is 18.1. The van der Waals surface area contributed by atoms with E-state index >= 15 is 0 Å². The van der Waals surface area contributed by atoms with Crippen LogP contribution in [-0.4, -0.2) is 11.7 Å².